The van der Waals surface area contributed by atoms with E-state index in [1.165, 1.54) is 13.0 Å². The molecule has 1 unspecified atom stereocenters. The third kappa shape index (κ3) is 3.82. The first-order chi connectivity index (χ1) is 9.89. The molecule has 0 fully saturated rings. The molecule has 1 aromatic rings. The van der Waals surface area contributed by atoms with E-state index >= 15 is 0 Å². The highest BCUT2D eigenvalue weighted by molar-refractivity contribution is 6.24. The lowest BCUT2D eigenvalue weighted by molar-refractivity contribution is -0.527. The predicted octanol–water partition coefficient (Wildman–Crippen LogP) is 3.08. The molecule has 1 aliphatic rings. The van der Waals surface area contributed by atoms with Crippen molar-refractivity contribution in [2.75, 3.05) is 5.32 Å². The molecule has 0 spiro atoms. The van der Waals surface area contributed by atoms with Crippen LogP contribution in [0.25, 0.3) is 0 Å². The lowest BCUT2D eigenvalue weighted by Gasteiger charge is -2.18. The molecular formula is C14H13ClN2O4. The maximum atomic E-state index is 10.9. The Balaban J connectivity index is 2.11. The van der Waals surface area contributed by atoms with Crippen LogP contribution in [0.4, 0.5) is 5.69 Å². The summed E-state index contributed by atoms with van der Waals surface area (Å²) in [6.45, 7) is 1.42. The minimum atomic E-state index is -1.67. The Kier molecular flexibility index (Phi) is 4.28. The first-order valence-electron chi connectivity index (χ1n) is 6.17. The van der Waals surface area contributed by atoms with Crippen molar-refractivity contribution in [1.29, 1.82) is 0 Å². The van der Waals surface area contributed by atoms with E-state index < -0.39 is 9.92 Å². The lowest BCUT2D eigenvalue weighted by Crippen LogP contribution is -2.31. The summed E-state index contributed by atoms with van der Waals surface area (Å²) in [5.74, 6) is 0.629. The lowest BCUT2D eigenvalue weighted by atomic mass is 10.1. The molecule has 21 heavy (non-hydrogen) atoms. The molecule has 0 saturated carbocycles. The quantitative estimate of drug-likeness (QED) is 0.401. The van der Waals surface area contributed by atoms with Gasteiger partial charge in [0.2, 0.25) is 5.91 Å². The minimum absolute atomic E-state index is 0.107. The molecule has 0 aliphatic heterocycles. The molecule has 0 bridgehead atoms. The van der Waals surface area contributed by atoms with Crippen molar-refractivity contribution in [2.45, 2.75) is 18.3 Å². The van der Waals surface area contributed by atoms with Crippen LogP contribution < -0.4 is 10.1 Å². The van der Waals surface area contributed by atoms with Gasteiger partial charge in [0.1, 0.15) is 11.5 Å². The van der Waals surface area contributed by atoms with Gasteiger partial charge < -0.3 is 10.1 Å². The molecule has 6 nitrogen and oxygen atoms in total. The number of amides is 1. The van der Waals surface area contributed by atoms with Gasteiger partial charge in [0.25, 0.3) is 0 Å². The van der Waals surface area contributed by atoms with Gasteiger partial charge >= 0.3 is 5.00 Å². The molecule has 2 rings (SSSR count). The van der Waals surface area contributed by atoms with Crippen LogP contribution in [-0.4, -0.2) is 15.8 Å². The molecular weight excluding hydrogens is 296 g/mol. The number of halogens is 1. The van der Waals surface area contributed by atoms with Crippen molar-refractivity contribution in [2.24, 2.45) is 0 Å². The van der Waals surface area contributed by atoms with Crippen molar-refractivity contribution in [3.8, 4) is 5.75 Å². The Labute approximate surface area is 126 Å². The normalized spacial score (nSPS) is 20.6. The molecule has 1 amide bonds. The van der Waals surface area contributed by atoms with E-state index in [4.69, 9.17) is 16.3 Å². The van der Waals surface area contributed by atoms with E-state index in [9.17, 15) is 14.9 Å². The summed E-state index contributed by atoms with van der Waals surface area (Å²) in [6, 6.07) is 6.64. The average Bonchev–Trinajstić information content (AvgIpc) is 2.40. The standard InChI is InChI=1S/C14H13ClN2O4/c1-10(18)16-11-4-6-12(7-5-11)21-13-3-2-8-14(15,9-13)17(19)20/h2-7,9H,8H2,1H3,(H,16,18). The monoisotopic (exact) mass is 308 g/mol. The summed E-state index contributed by atoms with van der Waals surface area (Å²) in [5.41, 5.74) is 0.639. The van der Waals surface area contributed by atoms with Gasteiger partial charge in [-0.3, -0.25) is 14.9 Å². The van der Waals surface area contributed by atoms with Crippen molar-refractivity contribution >= 4 is 23.2 Å². The van der Waals surface area contributed by atoms with Crippen molar-refractivity contribution in [3.63, 3.8) is 0 Å². The number of anilines is 1. The number of benzene rings is 1. The Hall–Kier alpha value is -2.34. The van der Waals surface area contributed by atoms with Crippen molar-refractivity contribution in [1.82, 2.24) is 0 Å². The zero-order valence-corrected chi connectivity index (χ0v) is 12.0. The SMILES string of the molecule is CC(=O)Nc1ccc(OC2=CC(Cl)([N+](=O)[O-])CC=C2)cc1. The molecule has 1 atom stereocenters. The number of ether oxygens (including phenoxy) is 1. The predicted molar refractivity (Wildman–Crippen MR) is 78.8 cm³/mol. The fraction of sp³-hybridized carbons (Fsp3) is 0.214. The smallest absolute Gasteiger partial charge is 0.320 e. The summed E-state index contributed by atoms with van der Waals surface area (Å²) >= 11 is 5.90. The van der Waals surface area contributed by atoms with Crippen LogP contribution in [0.3, 0.4) is 0 Å². The van der Waals surface area contributed by atoms with E-state index in [0.29, 0.717) is 17.2 Å². The summed E-state index contributed by atoms with van der Waals surface area (Å²) < 4.78 is 5.53. The second-order valence-corrected chi connectivity index (χ2v) is 5.19. The van der Waals surface area contributed by atoms with E-state index in [-0.39, 0.29) is 12.3 Å². The molecule has 7 heteroatoms. The minimum Gasteiger partial charge on any atom is -0.457 e. The molecule has 1 aromatic carbocycles. The number of nitrogens with zero attached hydrogens (tertiary/aromatic N) is 1. The Bertz CT molecular complexity index is 624. The molecule has 0 saturated heterocycles. The van der Waals surface area contributed by atoms with Gasteiger partial charge in [-0.2, -0.15) is 0 Å². The van der Waals surface area contributed by atoms with Crippen LogP contribution in [0.15, 0.2) is 48.3 Å². The molecule has 1 N–H and O–H groups in total. The second kappa shape index (κ2) is 5.97. The fourth-order valence-corrected chi connectivity index (χ4v) is 2.00. The second-order valence-electron chi connectivity index (χ2n) is 4.54. The average molecular weight is 309 g/mol. The molecule has 0 radical (unpaired) electrons. The molecule has 0 heterocycles. The van der Waals surface area contributed by atoms with E-state index in [1.807, 2.05) is 0 Å². The van der Waals surface area contributed by atoms with Crippen LogP contribution >= 0.6 is 11.6 Å². The van der Waals surface area contributed by atoms with Crippen LogP contribution in [0, 0.1) is 10.1 Å². The fourth-order valence-electron chi connectivity index (χ4n) is 1.80. The Morgan fingerprint density at radius 2 is 2.10 bits per heavy atom. The van der Waals surface area contributed by atoms with Crippen molar-refractivity contribution < 1.29 is 14.5 Å². The summed E-state index contributed by atoms with van der Waals surface area (Å²) in [4.78, 5) is 19.6. The number of carbonyl (C=O) groups excluding carboxylic acids is 1. The van der Waals surface area contributed by atoms with E-state index in [2.05, 4.69) is 5.32 Å². The highest BCUT2D eigenvalue weighted by Crippen LogP contribution is 2.30. The number of hydrogen-bond donors (Lipinski definition) is 1. The van der Waals surface area contributed by atoms with E-state index in [1.54, 1.807) is 36.4 Å². The van der Waals surface area contributed by atoms with Gasteiger partial charge in [-0.1, -0.05) is 6.08 Å². The zero-order valence-electron chi connectivity index (χ0n) is 11.2. The van der Waals surface area contributed by atoms with Crippen LogP contribution in [-0.2, 0) is 4.79 Å². The Morgan fingerprint density at radius 3 is 2.67 bits per heavy atom. The maximum Gasteiger partial charge on any atom is 0.320 e. The van der Waals surface area contributed by atoms with Gasteiger partial charge in [0.05, 0.1) is 12.5 Å². The Morgan fingerprint density at radius 1 is 1.43 bits per heavy atom. The van der Waals surface area contributed by atoms with E-state index in [0.717, 1.165) is 0 Å². The number of allylic oxidation sites excluding steroid dienone is 1. The number of carbonyl (C=O) groups is 1. The molecule has 110 valence electrons. The number of hydrogen-bond acceptors (Lipinski definition) is 4. The maximum absolute atomic E-state index is 10.9. The molecule has 0 aromatic heterocycles. The van der Waals surface area contributed by atoms with Crippen LogP contribution in [0.2, 0.25) is 0 Å². The highest BCUT2D eigenvalue weighted by atomic mass is 35.5. The molecule has 1 aliphatic carbocycles. The summed E-state index contributed by atoms with van der Waals surface area (Å²) in [7, 11) is 0. The van der Waals surface area contributed by atoms with Gasteiger partial charge in [-0.05, 0) is 41.9 Å². The summed E-state index contributed by atoms with van der Waals surface area (Å²) in [5, 5.41) is 13.6. The van der Waals surface area contributed by atoms with Gasteiger partial charge in [-0.25, -0.2) is 0 Å². The first-order valence-corrected chi connectivity index (χ1v) is 6.55. The number of nitro groups is 1. The topological polar surface area (TPSA) is 81.5 Å². The number of alkyl halides is 1. The van der Waals surface area contributed by atoms with Crippen LogP contribution in [0.5, 0.6) is 5.75 Å². The summed E-state index contributed by atoms with van der Waals surface area (Å²) in [6.07, 6.45) is 4.61. The number of nitrogens with one attached hydrogen (secondary N) is 1. The number of rotatable bonds is 4. The van der Waals surface area contributed by atoms with Gasteiger partial charge in [-0.15, -0.1) is 0 Å². The highest BCUT2D eigenvalue weighted by Gasteiger charge is 2.39. The van der Waals surface area contributed by atoms with Gasteiger partial charge in [0, 0.05) is 17.5 Å². The largest absolute Gasteiger partial charge is 0.457 e. The van der Waals surface area contributed by atoms with Crippen molar-refractivity contribution in [3.05, 3.63) is 58.4 Å². The third-order valence-corrected chi connectivity index (χ3v) is 3.17. The zero-order chi connectivity index (χ0) is 15.5. The third-order valence-electron chi connectivity index (χ3n) is 2.76. The first kappa shape index (κ1) is 15.1. The van der Waals surface area contributed by atoms with Gasteiger partial charge in [0.15, 0.2) is 0 Å². The van der Waals surface area contributed by atoms with Crippen LogP contribution in [0.1, 0.15) is 13.3 Å².